The Morgan fingerprint density at radius 1 is 1.07 bits per heavy atom. The first kappa shape index (κ1) is 13.1. The monoisotopic (exact) mass is 292 g/mol. The van der Waals surface area contributed by atoms with Gasteiger partial charge in [-0.3, -0.25) is 0 Å². The van der Waals surface area contributed by atoms with E-state index in [0.717, 1.165) is 25.7 Å². The third-order valence-electron chi connectivity index (χ3n) is 2.08. The number of hydrogen-bond acceptors (Lipinski definition) is 1. The van der Waals surface area contributed by atoms with Gasteiger partial charge in [-0.15, -0.1) is 11.6 Å². The van der Waals surface area contributed by atoms with E-state index in [1.807, 2.05) is 0 Å². The fourth-order valence-corrected chi connectivity index (χ4v) is 3.47. The molecule has 0 aliphatic heterocycles. The van der Waals surface area contributed by atoms with Gasteiger partial charge in [-0.2, -0.15) is 0 Å². The van der Waals surface area contributed by atoms with Crippen LogP contribution in [0.15, 0.2) is 12.2 Å². The first-order chi connectivity index (χ1) is 6.49. The summed E-state index contributed by atoms with van der Waals surface area (Å²) in [5, 5.41) is -0.0527. The van der Waals surface area contributed by atoms with Gasteiger partial charge in [-0.05, 0) is 25.7 Å². The Bertz CT molecular complexity index is 204. The van der Waals surface area contributed by atoms with Gasteiger partial charge >= 0.3 is 6.25 Å². The summed E-state index contributed by atoms with van der Waals surface area (Å²) in [5.74, 6) is 0. The molecule has 0 radical (unpaired) electrons. The molecule has 82 valence electrons. The van der Waals surface area contributed by atoms with Gasteiger partial charge in [0.1, 0.15) is 0 Å². The fourth-order valence-electron chi connectivity index (χ4n) is 1.42. The molecule has 1 nitrogen and oxygen atoms in total. The van der Waals surface area contributed by atoms with Gasteiger partial charge < -0.3 is 4.43 Å². The van der Waals surface area contributed by atoms with Gasteiger partial charge in [0.05, 0.1) is 11.5 Å². The molecule has 0 bridgehead atoms. The molecular formula is C8H12Cl4OSi. The van der Waals surface area contributed by atoms with Crippen molar-refractivity contribution in [3.05, 3.63) is 12.2 Å². The molecule has 1 aliphatic rings. The summed E-state index contributed by atoms with van der Waals surface area (Å²) in [4.78, 5) is 0. The zero-order chi connectivity index (χ0) is 10.6. The smallest absolute Gasteiger partial charge is 0.376 e. The van der Waals surface area contributed by atoms with Crippen molar-refractivity contribution < 1.29 is 4.43 Å². The van der Waals surface area contributed by atoms with Crippen LogP contribution in [-0.2, 0) is 4.43 Å². The molecule has 0 aromatic heterocycles. The molecule has 0 N–H and O–H groups in total. The third-order valence-corrected chi connectivity index (χ3v) is 3.95. The van der Waals surface area contributed by atoms with Gasteiger partial charge in [-0.1, -0.05) is 45.4 Å². The average Bonchev–Trinajstić information content (AvgIpc) is 2.03. The predicted molar refractivity (Wildman–Crippen MR) is 65.4 cm³/mol. The van der Waals surface area contributed by atoms with E-state index >= 15 is 0 Å². The van der Waals surface area contributed by atoms with E-state index in [4.69, 9.17) is 49.3 Å². The second-order valence-corrected chi connectivity index (χ2v) is 11.5. The summed E-state index contributed by atoms with van der Waals surface area (Å²) in [6.45, 7) is 0. The van der Waals surface area contributed by atoms with Gasteiger partial charge in [0.15, 0.2) is 0 Å². The maximum absolute atomic E-state index is 6.15. The summed E-state index contributed by atoms with van der Waals surface area (Å²) in [7, 11) is 0. The summed E-state index contributed by atoms with van der Waals surface area (Å²) in [6, 6.07) is 0. The normalized spacial score (nSPS) is 32.0. The zero-order valence-corrected chi connectivity index (χ0v) is 11.6. The van der Waals surface area contributed by atoms with Crippen molar-refractivity contribution in [3.63, 3.8) is 0 Å². The Morgan fingerprint density at radius 3 is 2.21 bits per heavy atom. The van der Waals surface area contributed by atoms with E-state index in [1.54, 1.807) is 0 Å². The number of alkyl halides is 1. The molecule has 0 saturated carbocycles. The molecule has 0 aromatic rings. The first-order valence-corrected chi connectivity index (χ1v) is 9.90. The van der Waals surface area contributed by atoms with E-state index in [1.165, 1.54) is 0 Å². The Morgan fingerprint density at radius 2 is 1.64 bits per heavy atom. The molecule has 0 spiro atoms. The van der Waals surface area contributed by atoms with Crippen LogP contribution in [-0.4, -0.2) is 17.7 Å². The average molecular weight is 294 g/mol. The molecule has 0 saturated heterocycles. The SMILES string of the molecule is Cl[C@@H]1CC/C=C\CC[C@H]1O[Si](Cl)(Cl)Cl. The highest BCUT2D eigenvalue weighted by Crippen LogP contribution is 2.29. The van der Waals surface area contributed by atoms with Crippen LogP contribution < -0.4 is 0 Å². The maximum atomic E-state index is 6.15. The topological polar surface area (TPSA) is 9.23 Å². The van der Waals surface area contributed by atoms with Gasteiger partial charge in [0.25, 0.3) is 0 Å². The van der Waals surface area contributed by atoms with Crippen molar-refractivity contribution in [2.45, 2.75) is 37.2 Å². The lowest BCUT2D eigenvalue weighted by molar-refractivity contribution is 0.190. The Labute approximate surface area is 105 Å². The van der Waals surface area contributed by atoms with E-state index in [9.17, 15) is 0 Å². The minimum atomic E-state index is -3.02. The van der Waals surface area contributed by atoms with Crippen LogP contribution in [0.1, 0.15) is 25.7 Å². The van der Waals surface area contributed by atoms with Gasteiger partial charge in [-0.25, -0.2) is 0 Å². The standard InChI is InChI=1S/C8H12Cl4OSi/c9-7-5-3-1-2-4-6-8(7)13-14(10,11)12/h1-2,7-8H,3-6H2/b2-1-/t7-,8-/m1/s1. The molecule has 2 atom stereocenters. The molecule has 6 heteroatoms. The summed E-state index contributed by atoms with van der Waals surface area (Å²) in [5.41, 5.74) is 0. The molecular weight excluding hydrogens is 282 g/mol. The van der Waals surface area contributed by atoms with E-state index < -0.39 is 6.25 Å². The minimum absolute atomic E-state index is 0.0527. The first-order valence-electron chi connectivity index (χ1n) is 4.52. The second-order valence-electron chi connectivity index (χ2n) is 3.24. The van der Waals surface area contributed by atoms with E-state index in [-0.39, 0.29) is 11.5 Å². The number of halogens is 4. The molecule has 0 amide bonds. The number of rotatable bonds is 2. The van der Waals surface area contributed by atoms with Crippen LogP contribution in [0.3, 0.4) is 0 Å². The van der Waals surface area contributed by atoms with Crippen molar-refractivity contribution in [1.82, 2.24) is 0 Å². The number of allylic oxidation sites excluding steroid dienone is 2. The van der Waals surface area contributed by atoms with Crippen molar-refractivity contribution in [2.75, 3.05) is 0 Å². The quantitative estimate of drug-likeness (QED) is 0.320. The Balaban J connectivity index is 2.51. The van der Waals surface area contributed by atoms with E-state index in [2.05, 4.69) is 12.2 Å². The summed E-state index contributed by atoms with van der Waals surface area (Å²) < 4.78 is 5.40. The molecule has 0 aromatic carbocycles. The van der Waals surface area contributed by atoms with Gasteiger partial charge in [0.2, 0.25) is 0 Å². The highest BCUT2D eigenvalue weighted by molar-refractivity contribution is 7.62. The van der Waals surface area contributed by atoms with Gasteiger partial charge in [0, 0.05) is 0 Å². The molecule has 0 unspecified atom stereocenters. The third kappa shape index (κ3) is 5.24. The van der Waals surface area contributed by atoms with Crippen LogP contribution >= 0.6 is 44.8 Å². The van der Waals surface area contributed by atoms with Crippen molar-refractivity contribution in [2.24, 2.45) is 0 Å². The lowest BCUT2D eigenvalue weighted by atomic mass is 10.0. The van der Waals surface area contributed by atoms with Crippen LogP contribution in [0.5, 0.6) is 0 Å². The summed E-state index contributed by atoms with van der Waals surface area (Å²) >= 11 is 23.2. The predicted octanol–water partition coefficient (Wildman–Crippen LogP) is 4.26. The van der Waals surface area contributed by atoms with Crippen molar-refractivity contribution in [3.8, 4) is 0 Å². The van der Waals surface area contributed by atoms with Crippen molar-refractivity contribution in [1.29, 1.82) is 0 Å². The van der Waals surface area contributed by atoms with Crippen LogP contribution in [0.2, 0.25) is 0 Å². The lowest BCUT2D eigenvalue weighted by Crippen LogP contribution is -2.33. The fraction of sp³-hybridized carbons (Fsp3) is 0.750. The van der Waals surface area contributed by atoms with Crippen LogP contribution in [0.25, 0.3) is 0 Å². The van der Waals surface area contributed by atoms with Crippen LogP contribution in [0.4, 0.5) is 0 Å². The lowest BCUT2D eigenvalue weighted by Gasteiger charge is -2.26. The molecule has 1 rings (SSSR count). The minimum Gasteiger partial charge on any atom is -0.376 e. The highest BCUT2D eigenvalue weighted by Gasteiger charge is 2.34. The molecule has 0 fully saturated rings. The molecule has 1 aliphatic carbocycles. The Kier molecular flexibility index (Phi) is 5.61. The largest absolute Gasteiger partial charge is 0.494 e. The van der Waals surface area contributed by atoms with Crippen LogP contribution in [0, 0.1) is 0 Å². The number of hydrogen-bond donors (Lipinski definition) is 0. The van der Waals surface area contributed by atoms with Crippen molar-refractivity contribution >= 4 is 51.1 Å². The second kappa shape index (κ2) is 5.97. The summed E-state index contributed by atoms with van der Waals surface area (Å²) in [6.07, 6.45) is 4.72. The zero-order valence-electron chi connectivity index (χ0n) is 7.56. The Hall–Kier alpha value is 1.08. The molecule has 14 heavy (non-hydrogen) atoms. The maximum Gasteiger partial charge on any atom is 0.494 e. The molecule has 0 heterocycles. The highest BCUT2D eigenvalue weighted by atomic mass is 35.8. The van der Waals surface area contributed by atoms with E-state index in [0.29, 0.717) is 0 Å².